The maximum absolute atomic E-state index is 14.5. The summed E-state index contributed by atoms with van der Waals surface area (Å²) in [5.41, 5.74) is -1.29. The van der Waals surface area contributed by atoms with Crippen LogP contribution in [0.15, 0.2) is 49.1 Å². The Morgan fingerprint density at radius 2 is 1.72 bits per heavy atom. The first-order chi connectivity index (χ1) is 17.3. The first-order valence-electron chi connectivity index (χ1n) is 11.6. The Bertz CT molecular complexity index is 1070. The molecule has 0 fully saturated rings. The molecule has 0 bridgehead atoms. The molecule has 0 saturated heterocycles. The quantitative estimate of drug-likeness (QED) is 0.155. The molecule has 0 aliphatic heterocycles. The van der Waals surface area contributed by atoms with E-state index in [1.54, 1.807) is 38.1 Å². The Morgan fingerprint density at radius 1 is 1.08 bits per heavy atom. The van der Waals surface area contributed by atoms with Crippen LogP contribution in [0.2, 0.25) is 0 Å². The third kappa shape index (κ3) is 7.31. The van der Waals surface area contributed by atoms with E-state index in [1.165, 1.54) is 6.08 Å². The zero-order valence-electron chi connectivity index (χ0n) is 20.5. The van der Waals surface area contributed by atoms with E-state index in [2.05, 4.69) is 11.6 Å². The molecule has 8 nitrogen and oxygen atoms in total. The molecule has 1 heterocycles. The molecule has 0 radical (unpaired) electrons. The monoisotopic (exact) mass is 499 g/mol. The minimum absolute atomic E-state index is 0.000805. The largest absolute Gasteiger partial charge is 0.471 e. The van der Waals surface area contributed by atoms with Gasteiger partial charge in [-0.1, -0.05) is 36.4 Å². The number of allylic oxidation sites excluding steroid dienone is 1. The number of halogens is 1. The van der Waals surface area contributed by atoms with Gasteiger partial charge in [-0.25, -0.2) is 9.37 Å². The third-order valence-electron chi connectivity index (χ3n) is 5.37. The number of aromatic nitrogens is 1. The standard InChI is InChI=1S/C27H30FNO7/c1-4-7-13-27(25(32)34-5-2,26(33)35-6-3)16-21(31)15-23-20(17-30)14-22(28)24(29-23)36-18-19-11-9-8-10-12-19/h4,8-12,14,17H,1,5-7,13,15-16,18H2,2-3H3. The maximum Gasteiger partial charge on any atom is 0.323 e. The number of carbonyl (C=O) groups excluding carboxylic acids is 4. The van der Waals surface area contributed by atoms with E-state index < -0.39 is 41.8 Å². The molecule has 0 atom stereocenters. The lowest BCUT2D eigenvalue weighted by molar-refractivity contribution is -0.174. The molecule has 9 heteroatoms. The molecule has 0 aliphatic rings. The molecule has 0 aliphatic carbocycles. The third-order valence-corrected chi connectivity index (χ3v) is 5.37. The van der Waals surface area contributed by atoms with Gasteiger partial charge in [-0.3, -0.25) is 19.2 Å². The number of benzene rings is 1. The predicted octanol–water partition coefficient (Wildman–Crippen LogP) is 4.19. The highest BCUT2D eigenvalue weighted by molar-refractivity contribution is 6.04. The Labute approximate surface area is 209 Å². The van der Waals surface area contributed by atoms with E-state index in [4.69, 9.17) is 14.2 Å². The van der Waals surface area contributed by atoms with Crippen molar-refractivity contribution in [3.8, 4) is 5.88 Å². The smallest absolute Gasteiger partial charge is 0.323 e. The number of hydrogen-bond donors (Lipinski definition) is 0. The number of ketones is 1. The van der Waals surface area contributed by atoms with Gasteiger partial charge in [-0.2, -0.15) is 0 Å². The van der Waals surface area contributed by atoms with Crippen LogP contribution < -0.4 is 4.74 Å². The number of pyridine rings is 1. The number of carbonyl (C=O) groups is 4. The van der Waals surface area contributed by atoms with Crippen molar-refractivity contribution >= 4 is 24.0 Å². The Hall–Kier alpha value is -3.88. The molecule has 2 aromatic rings. The lowest BCUT2D eigenvalue weighted by Crippen LogP contribution is -2.44. The van der Waals surface area contributed by atoms with Crippen LogP contribution in [0.4, 0.5) is 4.39 Å². The van der Waals surface area contributed by atoms with Gasteiger partial charge in [0.15, 0.2) is 17.5 Å². The van der Waals surface area contributed by atoms with E-state index in [1.807, 2.05) is 6.07 Å². The number of hydrogen-bond acceptors (Lipinski definition) is 8. The van der Waals surface area contributed by atoms with Gasteiger partial charge in [-0.15, -0.1) is 6.58 Å². The van der Waals surface area contributed by atoms with E-state index in [9.17, 15) is 23.6 Å². The second kappa shape index (κ2) is 13.9. The molecule has 0 saturated carbocycles. The van der Waals surface area contributed by atoms with Crippen molar-refractivity contribution in [2.45, 2.75) is 46.1 Å². The summed E-state index contributed by atoms with van der Waals surface area (Å²) in [5.74, 6) is -3.58. The fourth-order valence-electron chi connectivity index (χ4n) is 3.59. The summed E-state index contributed by atoms with van der Waals surface area (Å²) < 4.78 is 30.2. The number of esters is 2. The molecule has 0 unspecified atom stereocenters. The summed E-state index contributed by atoms with van der Waals surface area (Å²) in [5, 5.41) is 0. The number of Topliss-reactive ketones (excluding diaryl/α,β-unsaturated/α-hetero) is 1. The average Bonchev–Trinajstić information content (AvgIpc) is 2.87. The first kappa shape index (κ1) is 28.4. The molecule has 1 aromatic carbocycles. The fourth-order valence-corrected chi connectivity index (χ4v) is 3.59. The van der Waals surface area contributed by atoms with Crippen molar-refractivity contribution in [1.29, 1.82) is 0 Å². The van der Waals surface area contributed by atoms with E-state index >= 15 is 0 Å². The highest BCUT2D eigenvalue weighted by Crippen LogP contribution is 2.34. The second-order valence-electron chi connectivity index (χ2n) is 7.95. The lowest BCUT2D eigenvalue weighted by atomic mass is 9.77. The van der Waals surface area contributed by atoms with Crippen LogP contribution in [0.3, 0.4) is 0 Å². The topological polar surface area (TPSA) is 109 Å². The van der Waals surface area contributed by atoms with Crippen LogP contribution in [0, 0.1) is 11.2 Å². The molecule has 0 N–H and O–H groups in total. The van der Waals surface area contributed by atoms with Gasteiger partial charge in [0.25, 0.3) is 5.88 Å². The zero-order valence-corrected chi connectivity index (χ0v) is 20.5. The molecule has 0 spiro atoms. The van der Waals surface area contributed by atoms with Crippen LogP contribution in [0.1, 0.15) is 54.7 Å². The van der Waals surface area contributed by atoms with E-state index in [-0.39, 0.29) is 49.8 Å². The maximum atomic E-state index is 14.5. The Balaban J connectivity index is 2.33. The molecule has 1 aromatic heterocycles. The van der Waals surface area contributed by atoms with Crippen LogP contribution in [-0.2, 0) is 36.9 Å². The summed E-state index contributed by atoms with van der Waals surface area (Å²) in [4.78, 5) is 54.5. The number of ether oxygens (including phenoxy) is 3. The molecular weight excluding hydrogens is 469 g/mol. The normalized spacial score (nSPS) is 10.9. The highest BCUT2D eigenvalue weighted by atomic mass is 19.1. The average molecular weight is 500 g/mol. The minimum atomic E-state index is -1.88. The summed E-state index contributed by atoms with van der Waals surface area (Å²) in [6.07, 6.45) is 1.10. The molecule has 192 valence electrons. The molecule has 36 heavy (non-hydrogen) atoms. The zero-order chi connectivity index (χ0) is 26.6. The van der Waals surface area contributed by atoms with Gasteiger partial charge in [-0.05, 0) is 38.3 Å². The van der Waals surface area contributed by atoms with Crippen LogP contribution in [-0.4, -0.2) is 42.2 Å². The summed E-state index contributed by atoms with van der Waals surface area (Å²) in [7, 11) is 0. The van der Waals surface area contributed by atoms with E-state index in [0.29, 0.717) is 6.29 Å². The second-order valence-corrected chi connectivity index (χ2v) is 7.95. The Kier molecular flexibility index (Phi) is 10.9. The number of rotatable bonds is 15. The molecule has 2 rings (SSSR count). The highest BCUT2D eigenvalue weighted by Gasteiger charge is 2.49. The fraction of sp³-hybridized carbons (Fsp3) is 0.370. The van der Waals surface area contributed by atoms with Gasteiger partial charge in [0.05, 0.1) is 18.9 Å². The number of nitrogens with zero attached hydrogens (tertiary/aromatic N) is 1. The van der Waals surface area contributed by atoms with Gasteiger partial charge in [0, 0.05) is 18.4 Å². The van der Waals surface area contributed by atoms with Crippen molar-refractivity contribution in [2.24, 2.45) is 5.41 Å². The number of aldehydes is 1. The van der Waals surface area contributed by atoms with Crippen molar-refractivity contribution in [3.63, 3.8) is 0 Å². The molecule has 0 amide bonds. The summed E-state index contributed by atoms with van der Waals surface area (Å²) >= 11 is 0. The minimum Gasteiger partial charge on any atom is -0.471 e. The predicted molar refractivity (Wildman–Crippen MR) is 129 cm³/mol. The van der Waals surface area contributed by atoms with Gasteiger partial charge in [0.1, 0.15) is 12.4 Å². The van der Waals surface area contributed by atoms with Crippen LogP contribution in [0.25, 0.3) is 0 Å². The van der Waals surface area contributed by atoms with Crippen LogP contribution >= 0.6 is 0 Å². The van der Waals surface area contributed by atoms with E-state index in [0.717, 1.165) is 11.6 Å². The lowest BCUT2D eigenvalue weighted by Gasteiger charge is -2.28. The van der Waals surface area contributed by atoms with Gasteiger partial charge < -0.3 is 14.2 Å². The van der Waals surface area contributed by atoms with Crippen molar-refractivity contribution < 1.29 is 37.8 Å². The van der Waals surface area contributed by atoms with Crippen LogP contribution in [0.5, 0.6) is 5.88 Å². The SMILES string of the molecule is C=CCCC(CC(=O)Cc1nc(OCc2ccccc2)c(F)cc1C=O)(C(=O)OCC)C(=O)OCC. The van der Waals surface area contributed by atoms with Gasteiger partial charge >= 0.3 is 11.9 Å². The van der Waals surface area contributed by atoms with Crippen molar-refractivity contribution in [3.05, 3.63) is 71.7 Å². The van der Waals surface area contributed by atoms with Crippen molar-refractivity contribution in [1.82, 2.24) is 4.98 Å². The first-order valence-corrected chi connectivity index (χ1v) is 11.6. The van der Waals surface area contributed by atoms with Gasteiger partial charge in [0.2, 0.25) is 0 Å². The summed E-state index contributed by atoms with van der Waals surface area (Å²) in [6, 6.07) is 9.93. The van der Waals surface area contributed by atoms with Crippen molar-refractivity contribution in [2.75, 3.05) is 13.2 Å². The Morgan fingerprint density at radius 3 is 2.28 bits per heavy atom. The summed E-state index contributed by atoms with van der Waals surface area (Å²) in [6.45, 7) is 6.80. The molecular formula is C27H30FNO7.